The second-order valence-electron chi connectivity index (χ2n) is 3.32. The molecule has 1 aromatic carbocycles. The van der Waals surface area contributed by atoms with Gasteiger partial charge in [0.15, 0.2) is 5.13 Å². The summed E-state index contributed by atoms with van der Waals surface area (Å²) in [4.78, 5) is 4.20. The maximum atomic E-state index is 6.03. The molecular weight excluding hydrogens is 244 g/mol. The molecule has 0 aliphatic rings. The van der Waals surface area contributed by atoms with Gasteiger partial charge in [-0.3, -0.25) is 0 Å². The first kappa shape index (κ1) is 11.2. The monoisotopic (exact) mass is 254 g/mol. The standard InChI is InChI=1S/C11H11ClN2OS/c1-15-10-3-2-7(5-9(10)12)4-8-6-16-11(13)14-8/h2-3,5-6H,4H2,1H3,(H2,13,14). The molecular formula is C11H11ClN2OS. The van der Waals surface area contributed by atoms with Crippen molar-refractivity contribution in [2.24, 2.45) is 0 Å². The minimum atomic E-state index is 0.592. The number of rotatable bonds is 3. The number of aromatic nitrogens is 1. The first-order chi connectivity index (χ1) is 7.69. The van der Waals surface area contributed by atoms with E-state index in [0.29, 0.717) is 15.9 Å². The molecule has 0 amide bonds. The summed E-state index contributed by atoms with van der Waals surface area (Å²) < 4.78 is 5.09. The number of hydrogen-bond donors (Lipinski definition) is 1. The third kappa shape index (κ3) is 2.46. The van der Waals surface area contributed by atoms with E-state index in [1.807, 2.05) is 23.6 Å². The van der Waals surface area contributed by atoms with E-state index < -0.39 is 0 Å². The van der Waals surface area contributed by atoms with Gasteiger partial charge >= 0.3 is 0 Å². The average Bonchev–Trinajstić information content (AvgIpc) is 2.64. The quantitative estimate of drug-likeness (QED) is 0.916. The Morgan fingerprint density at radius 2 is 2.31 bits per heavy atom. The zero-order chi connectivity index (χ0) is 11.5. The molecule has 16 heavy (non-hydrogen) atoms. The molecule has 0 saturated heterocycles. The zero-order valence-electron chi connectivity index (χ0n) is 8.74. The van der Waals surface area contributed by atoms with Gasteiger partial charge in [-0.25, -0.2) is 4.98 Å². The molecule has 0 bridgehead atoms. The van der Waals surface area contributed by atoms with Crippen molar-refractivity contribution in [1.82, 2.24) is 4.98 Å². The van der Waals surface area contributed by atoms with Crippen LogP contribution in [0, 0.1) is 0 Å². The number of nitrogen functional groups attached to an aromatic ring is 1. The van der Waals surface area contributed by atoms with E-state index in [9.17, 15) is 0 Å². The molecule has 1 aromatic heterocycles. The summed E-state index contributed by atoms with van der Waals surface area (Å²) in [7, 11) is 1.60. The van der Waals surface area contributed by atoms with Crippen LogP contribution in [-0.4, -0.2) is 12.1 Å². The van der Waals surface area contributed by atoms with Gasteiger partial charge in [0.05, 0.1) is 17.8 Å². The van der Waals surface area contributed by atoms with E-state index in [-0.39, 0.29) is 0 Å². The molecule has 2 N–H and O–H groups in total. The van der Waals surface area contributed by atoms with Crippen LogP contribution in [0.1, 0.15) is 11.3 Å². The largest absolute Gasteiger partial charge is 0.495 e. The molecule has 2 rings (SSSR count). The summed E-state index contributed by atoms with van der Waals surface area (Å²) in [5.41, 5.74) is 7.62. The number of methoxy groups -OCH3 is 1. The highest BCUT2D eigenvalue weighted by Crippen LogP contribution is 2.26. The summed E-state index contributed by atoms with van der Waals surface area (Å²) in [6.45, 7) is 0. The highest BCUT2D eigenvalue weighted by Gasteiger charge is 2.04. The molecule has 3 nitrogen and oxygen atoms in total. The van der Waals surface area contributed by atoms with Crippen LogP contribution in [0.2, 0.25) is 5.02 Å². The van der Waals surface area contributed by atoms with Crippen molar-refractivity contribution in [2.75, 3.05) is 12.8 Å². The van der Waals surface area contributed by atoms with Crippen LogP contribution in [0.25, 0.3) is 0 Å². The lowest BCUT2D eigenvalue weighted by Crippen LogP contribution is -1.91. The van der Waals surface area contributed by atoms with Crippen LogP contribution in [0.4, 0.5) is 5.13 Å². The molecule has 0 aliphatic heterocycles. The molecule has 0 spiro atoms. The van der Waals surface area contributed by atoms with E-state index in [2.05, 4.69) is 4.98 Å². The number of halogens is 1. The minimum Gasteiger partial charge on any atom is -0.495 e. The summed E-state index contributed by atoms with van der Waals surface area (Å²) >= 11 is 7.48. The first-order valence-electron chi connectivity index (χ1n) is 4.71. The van der Waals surface area contributed by atoms with Gasteiger partial charge in [0.2, 0.25) is 0 Å². The first-order valence-corrected chi connectivity index (χ1v) is 5.97. The lowest BCUT2D eigenvalue weighted by Gasteiger charge is -2.04. The Morgan fingerprint density at radius 1 is 1.50 bits per heavy atom. The second-order valence-corrected chi connectivity index (χ2v) is 4.62. The smallest absolute Gasteiger partial charge is 0.180 e. The van der Waals surface area contributed by atoms with Crippen molar-refractivity contribution < 1.29 is 4.74 Å². The summed E-state index contributed by atoms with van der Waals surface area (Å²) in [5, 5.41) is 3.16. The summed E-state index contributed by atoms with van der Waals surface area (Å²) in [6.07, 6.45) is 0.734. The Balaban J connectivity index is 2.19. The van der Waals surface area contributed by atoms with E-state index >= 15 is 0 Å². The van der Waals surface area contributed by atoms with E-state index in [0.717, 1.165) is 17.7 Å². The van der Waals surface area contributed by atoms with Gasteiger partial charge in [-0.05, 0) is 17.7 Å². The number of hydrogen-bond acceptors (Lipinski definition) is 4. The van der Waals surface area contributed by atoms with Crippen molar-refractivity contribution in [3.05, 3.63) is 39.9 Å². The third-order valence-corrected chi connectivity index (χ3v) is 3.19. The summed E-state index contributed by atoms with van der Waals surface area (Å²) in [6, 6.07) is 5.71. The van der Waals surface area contributed by atoms with Gasteiger partial charge in [-0.15, -0.1) is 11.3 Å². The number of ether oxygens (including phenoxy) is 1. The van der Waals surface area contributed by atoms with Gasteiger partial charge in [0, 0.05) is 11.8 Å². The van der Waals surface area contributed by atoms with Crippen molar-refractivity contribution >= 4 is 28.1 Å². The summed E-state index contributed by atoms with van der Waals surface area (Å²) in [5.74, 6) is 0.684. The van der Waals surface area contributed by atoms with Crippen LogP contribution in [-0.2, 0) is 6.42 Å². The number of anilines is 1. The van der Waals surface area contributed by atoms with Crippen molar-refractivity contribution in [2.45, 2.75) is 6.42 Å². The normalized spacial score (nSPS) is 10.4. The molecule has 1 heterocycles. The number of nitrogens with zero attached hydrogens (tertiary/aromatic N) is 1. The van der Waals surface area contributed by atoms with Crippen LogP contribution in [0.5, 0.6) is 5.75 Å². The fourth-order valence-electron chi connectivity index (χ4n) is 1.43. The Kier molecular flexibility index (Phi) is 3.31. The van der Waals surface area contributed by atoms with Crippen molar-refractivity contribution in [3.8, 4) is 5.75 Å². The highest BCUT2D eigenvalue weighted by molar-refractivity contribution is 7.13. The lowest BCUT2D eigenvalue weighted by atomic mass is 10.1. The average molecular weight is 255 g/mol. The molecule has 0 atom stereocenters. The van der Waals surface area contributed by atoms with E-state index in [1.54, 1.807) is 7.11 Å². The van der Waals surface area contributed by atoms with Gasteiger partial charge in [0.25, 0.3) is 0 Å². The second kappa shape index (κ2) is 4.72. The van der Waals surface area contributed by atoms with E-state index in [4.69, 9.17) is 22.1 Å². The van der Waals surface area contributed by atoms with Gasteiger partial charge < -0.3 is 10.5 Å². The van der Waals surface area contributed by atoms with Crippen LogP contribution < -0.4 is 10.5 Å². The molecule has 0 radical (unpaired) electrons. The van der Waals surface area contributed by atoms with Crippen LogP contribution >= 0.6 is 22.9 Å². The Labute approximate surface area is 103 Å². The Morgan fingerprint density at radius 3 is 2.88 bits per heavy atom. The number of nitrogens with two attached hydrogens (primary N) is 1. The zero-order valence-corrected chi connectivity index (χ0v) is 10.3. The van der Waals surface area contributed by atoms with Crippen molar-refractivity contribution in [3.63, 3.8) is 0 Å². The van der Waals surface area contributed by atoms with E-state index in [1.165, 1.54) is 11.3 Å². The fourth-order valence-corrected chi connectivity index (χ4v) is 2.28. The molecule has 0 saturated carbocycles. The van der Waals surface area contributed by atoms with Gasteiger partial charge in [-0.2, -0.15) is 0 Å². The maximum absolute atomic E-state index is 6.03. The number of benzene rings is 1. The highest BCUT2D eigenvalue weighted by atomic mass is 35.5. The minimum absolute atomic E-state index is 0.592. The Bertz CT molecular complexity index is 498. The predicted molar refractivity (Wildman–Crippen MR) is 67.3 cm³/mol. The molecule has 5 heteroatoms. The maximum Gasteiger partial charge on any atom is 0.180 e. The predicted octanol–water partition coefficient (Wildman–Crippen LogP) is 2.98. The molecule has 84 valence electrons. The molecule has 2 aromatic rings. The van der Waals surface area contributed by atoms with Gasteiger partial charge in [0.1, 0.15) is 5.75 Å². The SMILES string of the molecule is COc1ccc(Cc2csc(N)n2)cc1Cl. The van der Waals surface area contributed by atoms with Gasteiger partial charge in [-0.1, -0.05) is 17.7 Å². The molecule has 0 unspecified atom stereocenters. The van der Waals surface area contributed by atoms with Crippen LogP contribution in [0.15, 0.2) is 23.6 Å². The lowest BCUT2D eigenvalue weighted by molar-refractivity contribution is 0.415. The fraction of sp³-hybridized carbons (Fsp3) is 0.182. The molecule has 0 fully saturated rings. The van der Waals surface area contributed by atoms with Crippen molar-refractivity contribution in [1.29, 1.82) is 0 Å². The third-order valence-electron chi connectivity index (χ3n) is 2.17. The van der Waals surface area contributed by atoms with Crippen LogP contribution in [0.3, 0.4) is 0 Å². The molecule has 0 aliphatic carbocycles. The number of thiazole rings is 1. The Hall–Kier alpha value is -1.26. The topological polar surface area (TPSA) is 48.1 Å².